The maximum absolute atomic E-state index is 3.66. The molecular formula is C17H34N2. The van der Waals surface area contributed by atoms with Gasteiger partial charge < -0.3 is 10.2 Å². The molecule has 1 aliphatic heterocycles. The monoisotopic (exact) mass is 266 g/mol. The Bertz CT molecular complexity index is 272. The van der Waals surface area contributed by atoms with Crippen molar-refractivity contribution in [2.45, 2.75) is 65.8 Å². The lowest BCUT2D eigenvalue weighted by atomic mass is 9.78. The van der Waals surface area contributed by atoms with Crippen LogP contribution < -0.4 is 5.32 Å². The molecule has 2 unspecified atom stereocenters. The van der Waals surface area contributed by atoms with E-state index in [1.54, 1.807) is 0 Å². The van der Waals surface area contributed by atoms with Crippen molar-refractivity contribution in [3.63, 3.8) is 0 Å². The second-order valence-corrected chi connectivity index (χ2v) is 8.01. The van der Waals surface area contributed by atoms with Crippen molar-refractivity contribution in [1.29, 1.82) is 0 Å². The van der Waals surface area contributed by atoms with Crippen LogP contribution in [0, 0.1) is 17.3 Å². The molecule has 1 saturated carbocycles. The molecule has 2 nitrogen and oxygen atoms in total. The van der Waals surface area contributed by atoms with Gasteiger partial charge >= 0.3 is 0 Å². The molecule has 0 aromatic carbocycles. The van der Waals surface area contributed by atoms with E-state index in [-0.39, 0.29) is 0 Å². The molecule has 2 heteroatoms. The largest absolute Gasteiger partial charge is 0.316 e. The summed E-state index contributed by atoms with van der Waals surface area (Å²) < 4.78 is 0. The molecule has 0 radical (unpaired) electrons. The van der Waals surface area contributed by atoms with E-state index < -0.39 is 0 Å². The number of rotatable bonds is 5. The summed E-state index contributed by atoms with van der Waals surface area (Å²) in [6, 6.07) is 0.883. The van der Waals surface area contributed by atoms with E-state index in [2.05, 4.69) is 37.9 Å². The minimum atomic E-state index is 0.573. The molecule has 0 aromatic heterocycles. The van der Waals surface area contributed by atoms with Gasteiger partial charge in [-0.1, -0.05) is 27.7 Å². The summed E-state index contributed by atoms with van der Waals surface area (Å²) in [5.74, 6) is 1.69. The minimum Gasteiger partial charge on any atom is -0.316 e. The van der Waals surface area contributed by atoms with Gasteiger partial charge in [-0.3, -0.25) is 0 Å². The van der Waals surface area contributed by atoms with Crippen LogP contribution in [0.1, 0.15) is 59.8 Å². The van der Waals surface area contributed by atoms with Crippen LogP contribution in [-0.4, -0.2) is 37.1 Å². The standard InChI is InChI=1S/C17H34N2/c1-14(2)12-18-13-15-6-7-16(15)19-10-5-8-17(3,4)9-11-19/h14-16,18H,5-13H2,1-4H3. The van der Waals surface area contributed by atoms with Crippen molar-refractivity contribution < 1.29 is 0 Å². The highest BCUT2D eigenvalue weighted by atomic mass is 15.2. The first-order valence-corrected chi connectivity index (χ1v) is 8.43. The third-order valence-electron chi connectivity index (χ3n) is 5.18. The number of likely N-dealkylation sites (tertiary alicyclic amines) is 1. The first kappa shape index (κ1) is 15.3. The van der Waals surface area contributed by atoms with Gasteiger partial charge in [0.2, 0.25) is 0 Å². The normalized spacial score (nSPS) is 32.1. The van der Waals surface area contributed by atoms with E-state index in [9.17, 15) is 0 Å². The van der Waals surface area contributed by atoms with Crippen molar-refractivity contribution in [2.24, 2.45) is 17.3 Å². The Morgan fingerprint density at radius 3 is 2.58 bits per heavy atom. The van der Waals surface area contributed by atoms with E-state index in [0.717, 1.165) is 17.9 Å². The zero-order valence-electron chi connectivity index (χ0n) is 13.5. The van der Waals surface area contributed by atoms with E-state index in [1.165, 1.54) is 58.3 Å². The first-order valence-electron chi connectivity index (χ1n) is 8.43. The molecule has 0 bridgehead atoms. The highest BCUT2D eigenvalue weighted by Gasteiger charge is 2.36. The van der Waals surface area contributed by atoms with Crippen LogP contribution in [0.15, 0.2) is 0 Å². The van der Waals surface area contributed by atoms with Crippen LogP contribution in [0.2, 0.25) is 0 Å². The summed E-state index contributed by atoms with van der Waals surface area (Å²) >= 11 is 0. The zero-order valence-corrected chi connectivity index (χ0v) is 13.5. The predicted molar refractivity (Wildman–Crippen MR) is 83.4 cm³/mol. The summed E-state index contributed by atoms with van der Waals surface area (Å²) in [6.07, 6.45) is 7.07. The molecule has 2 atom stereocenters. The lowest BCUT2D eigenvalue weighted by Crippen LogP contribution is -2.51. The number of nitrogens with one attached hydrogen (secondary N) is 1. The molecule has 1 aliphatic carbocycles. The van der Waals surface area contributed by atoms with E-state index in [4.69, 9.17) is 0 Å². The summed E-state index contributed by atoms with van der Waals surface area (Å²) in [4.78, 5) is 2.81. The summed E-state index contributed by atoms with van der Waals surface area (Å²) in [5, 5.41) is 3.66. The van der Waals surface area contributed by atoms with Gasteiger partial charge in [0.05, 0.1) is 0 Å². The van der Waals surface area contributed by atoms with Crippen LogP contribution >= 0.6 is 0 Å². The van der Waals surface area contributed by atoms with E-state index in [0.29, 0.717) is 5.41 Å². The number of nitrogens with zero attached hydrogens (tertiary/aromatic N) is 1. The van der Waals surface area contributed by atoms with E-state index in [1.807, 2.05) is 0 Å². The van der Waals surface area contributed by atoms with Crippen LogP contribution in [0.25, 0.3) is 0 Å². The van der Waals surface area contributed by atoms with Crippen molar-refractivity contribution in [1.82, 2.24) is 10.2 Å². The predicted octanol–water partition coefficient (Wildman–Crippen LogP) is 3.52. The summed E-state index contributed by atoms with van der Waals surface area (Å²) in [5.41, 5.74) is 0.573. The maximum Gasteiger partial charge on any atom is 0.0136 e. The Morgan fingerprint density at radius 2 is 1.95 bits per heavy atom. The Balaban J connectivity index is 1.75. The number of hydrogen-bond acceptors (Lipinski definition) is 2. The average molecular weight is 266 g/mol. The fourth-order valence-electron chi connectivity index (χ4n) is 3.60. The molecule has 1 saturated heterocycles. The molecule has 112 valence electrons. The van der Waals surface area contributed by atoms with Gasteiger partial charge in [0.15, 0.2) is 0 Å². The van der Waals surface area contributed by atoms with Gasteiger partial charge in [0.1, 0.15) is 0 Å². The van der Waals surface area contributed by atoms with Crippen molar-refractivity contribution >= 4 is 0 Å². The molecular weight excluding hydrogens is 232 g/mol. The summed E-state index contributed by atoms with van der Waals surface area (Å²) in [6.45, 7) is 14.6. The Morgan fingerprint density at radius 1 is 1.16 bits per heavy atom. The van der Waals surface area contributed by atoms with Gasteiger partial charge in [0.25, 0.3) is 0 Å². The van der Waals surface area contributed by atoms with Crippen molar-refractivity contribution in [2.75, 3.05) is 26.2 Å². The van der Waals surface area contributed by atoms with Gasteiger partial charge in [-0.2, -0.15) is 0 Å². The molecule has 1 heterocycles. The Labute approximate surface area is 120 Å². The fourth-order valence-corrected chi connectivity index (χ4v) is 3.60. The van der Waals surface area contributed by atoms with Gasteiger partial charge in [-0.15, -0.1) is 0 Å². The summed E-state index contributed by atoms with van der Waals surface area (Å²) in [7, 11) is 0. The second-order valence-electron chi connectivity index (χ2n) is 8.01. The molecule has 2 rings (SSSR count). The maximum atomic E-state index is 3.66. The molecule has 2 aliphatic rings. The van der Waals surface area contributed by atoms with Crippen molar-refractivity contribution in [3.8, 4) is 0 Å². The van der Waals surface area contributed by atoms with Crippen LogP contribution in [0.4, 0.5) is 0 Å². The first-order chi connectivity index (χ1) is 8.98. The highest BCUT2D eigenvalue weighted by molar-refractivity contribution is 4.91. The Hall–Kier alpha value is -0.0800. The van der Waals surface area contributed by atoms with E-state index >= 15 is 0 Å². The third kappa shape index (κ3) is 4.46. The quantitative estimate of drug-likeness (QED) is 0.819. The molecule has 0 aromatic rings. The molecule has 19 heavy (non-hydrogen) atoms. The minimum absolute atomic E-state index is 0.573. The van der Waals surface area contributed by atoms with Crippen molar-refractivity contribution in [3.05, 3.63) is 0 Å². The van der Waals surface area contributed by atoms with Crippen LogP contribution in [-0.2, 0) is 0 Å². The van der Waals surface area contributed by atoms with Crippen LogP contribution in [0.3, 0.4) is 0 Å². The number of hydrogen-bond donors (Lipinski definition) is 1. The fraction of sp³-hybridized carbons (Fsp3) is 1.00. The molecule has 2 fully saturated rings. The lowest BCUT2D eigenvalue weighted by molar-refractivity contribution is 0.0620. The lowest BCUT2D eigenvalue weighted by Gasteiger charge is -2.44. The van der Waals surface area contributed by atoms with Gasteiger partial charge in [-0.25, -0.2) is 0 Å². The molecule has 0 amide bonds. The second kappa shape index (κ2) is 6.58. The topological polar surface area (TPSA) is 15.3 Å². The smallest absolute Gasteiger partial charge is 0.0136 e. The molecule has 1 N–H and O–H groups in total. The third-order valence-corrected chi connectivity index (χ3v) is 5.18. The van der Waals surface area contributed by atoms with Gasteiger partial charge in [0, 0.05) is 6.04 Å². The van der Waals surface area contributed by atoms with Gasteiger partial charge in [-0.05, 0) is 75.5 Å². The zero-order chi connectivity index (χ0) is 13.9. The highest BCUT2D eigenvalue weighted by Crippen LogP contribution is 2.36. The van der Waals surface area contributed by atoms with Crippen LogP contribution in [0.5, 0.6) is 0 Å². The molecule has 0 spiro atoms. The average Bonchev–Trinajstić information content (AvgIpc) is 2.45. The Kier molecular flexibility index (Phi) is 5.30. The SMILES string of the molecule is CC(C)CNCC1CCC1N1CCCC(C)(C)CC1.